The highest BCUT2D eigenvalue weighted by Crippen LogP contribution is 2.14. The summed E-state index contributed by atoms with van der Waals surface area (Å²) in [4.78, 5) is 0. The van der Waals surface area contributed by atoms with E-state index in [1.165, 1.54) is 17.5 Å². The number of rotatable bonds is 6. The van der Waals surface area contributed by atoms with Crippen LogP contribution in [-0.4, -0.2) is 13.1 Å². The van der Waals surface area contributed by atoms with Crippen molar-refractivity contribution < 1.29 is 0 Å². The highest BCUT2D eigenvalue weighted by atomic mass is 14.9. The molecular weight excluding hydrogens is 194 g/mol. The highest BCUT2D eigenvalue weighted by Gasteiger charge is 2.13. The smallest absolute Gasteiger partial charge is 0.0130 e. The van der Waals surface area contributed by atoms with E-state index in [1.54, 1.807) is 0 Å². The van der Waals surface area contributed by atoms with E-state index in [9.17, 15) is 0 Å². The molecule has 0 radical (unpaired) electrons. The Morgan fingerprint density at radius 3 is 2.06 bits per heavy atom. The molecule has 1 aromatic carbocycles. The Bertz CT molecular complexity index is 289. The van der Waals surface area contributed by atoms with Gasteiger partial charge in [0.15, 0.2) is 0 Å². The lowest BCUT2D eigenvalue weighted by Crippen LogP contribution is -2.33. The lowest BCUT2D eigenvalue weighted by Gasteiger charge is -2.22. The van der Waals surface area contributed by atoms with Gasteiger partial charge in [-0.3, -0.25) is 0 Å². The summed E-state index contributed by atoms with van der Waals surface area (Å²) in [5.74, 6) is 0.732. The number of likely N-dealkylation sites (N-methyl/N-ethyl adjacent to an activating group) is 1. The third-order valence-electron chi connectivity index (χ3n) is 3.59. The number of hydrogen-bond acceptors (Lipinski definition) is 1. The molecule has 1 rings (SSSR count). The predicted octanol–water partition coefficient (Wildman–Crippen LogP) is 3.43. The van der Waals surface area contributed by atoms with Crippen molar-refractivity contribution in [2.45, 2.75) is 46.1 Å². The van der Waals surface area contributed by atoms with Crippen LogP contribution < -0.4 is 5.32 Å². The van der Waals surface area contributed by atoms with Gasteiger partial charge in [0.2, 0.25) is 0 Å². The molecule has 0 heterocycles. The van der Waals surface area contributed by atoms with Crippen LogP contribution in [0.4, 0.5) is 0 Å². The van der Waals surface area contributed by atoms with Gasteiger partial charge in [0.1, 0.15) is 0 Å². The minimum Gasteiger partial charge on any atom is -0.316 e. The summed E-state index contributed by atoms with van der Waals surface area (Å²) in [5, 5.41) is 3.43. The fraction of sp³-hybridized carbons (Fsp3) is 0.600. The van der Waals surface area contributed by atoms with Crippen LogP contribution in [0.5, 0.6) is 0 Å². The molecule has 0 fully saturated rings. The molecule has 0 saturated heterocycles. The van der Waals surface area contributed by atoms with E-state index >= 15 is 0 Å². The Hall–Kier alpha value is -0.820. The van der Waals surface area contributed by atoms with E-state index in [-0.39, 0.29) is 0 Å². The van der Waals surface area contributed by atoms with Gasteiger partial charge in [-0.15, -0.1) is 0 Å². The molecule has 1 nitrogen and oxygen atoms in total. The van der Waals surface area contributed by atoms with Gasteiger partial charge < -0.3 is 5.32 Å². The van der Waals surface area contributed by atoms with Gasteiger partial charge in [-0.1, -0.05) is 51.5 Å². The summed E-state index contributed by atoms with van der Waals surface area (Å²) in [5.41, 5.74) is 2.87. The molecule has 16 heavy (non-hydrogen) atoms. The van der Waals surface area contributed by atoms with Crippen LogP contribution in [0, 0.1) is 5.92 Å². The summed E-state index contributed by atoms with van der Waals surface area (Å²) >= 11 is 0. The van der Waals surface area contributed by atoms with Gasteiger partial charge in [-0.25, -0.2) is 0 Å². The minimum absolute atomic E-state index is 0.595. The van der Waals surface area contributed by atoms with Crippen molar-refractivity contribution >= 4 is 0 Å². The molecule has 1 heteroatoms. The van der Waals surface area contributed by atoms with Crippen LogP contribution in [0.25, 0.3) is 0 Å². The molecule has 0 bridgehead atoms. The summed E-state index contributed by atoms with van der Waals surface area (Å²) in [6, 6.07) is 9.63. The fourth-order valence-electron chi connectivity index (χ4n) is 2.04. The summed E-state index contributed by atoms with van der Waals surface area (Å²) in [7, 11) is 2.07. The zero-order valence-corrected chi connectivity index (χ0v) is 11.1. The Balaban J connectivity index is 2.63. The largest absolute Gasteiger partial charge is 0.316 e. The molecule has 0 aliphatic heterocycles. The molecular formula is C15H25N. The van der Waals surface area contributed by atoms with Crippen LogP contribution in [-0.2, 0) is 12.8 Å². The predicted molar refractivity (Wildman–Crippen MR) is 71.8 cm³/mol. The lowest BCUT2D eigenvalue weighted by atomic mass is 9.93. The zero-order chi connectivity index (χ0) is 12.0. The first-order valence-corrected chi connectivity index (χ1v) is 6.46. The zero-order valence-electron chi connectivity index (χ0n) is 11.1. The first-order valence-electron chi connectivity index (χ1n) is 6.46. The van der Waals surface area contributed by atoms with Gasteiger partial charge in [-0.05, 0) is 36.9 Å². The van der Waals surface area contributed by atoms with E-state index in [2.05, 4.69) is 57.4 Å². The minimum atomic E-state index is 0.595. The van der Waals surface area contributed by atoms with Crippen molar-refractivity contribution in [1.29, 1.82) is 0 Å². The van der Waals surface area contributed by atoms with E-state index < -0.39 is 0 Å². The Labute approximate surface area is 100 Å². The SMILES string of the molecule is CCc1ccc(CC(NC)C(C)CC)cc1. The molecule has 0 aliphatic carbocycles. The molecule has 0 spiro atoms. The summed E-state index contributed by atoms with van der Waals surface area (Å²) < 4.78 is 0. The third kappa shape index (κ3) is 3.64. The van der Waals surface area contributed by atoms with E-state index in [1.807, 2.05) is 0 Å². The molecule has 0 aliphatic rings. The topological polar surface area (TPSA) is 12.0 Å². The molecule has 0 saturated carbocycles. The molecule has 0 aromatic heterocycles. The van der Waals surface area contributed by atoms with E-state index in [0.717, 1.165) is 18.8 Å². The maximum absolute atomic E-state index is 3.43. The molecule has 90 valence electrons. The van der Waals surface area contributed by atoms with Gasteiger partial charge in [0, 0.05) is 6.04 Å². The second-order valence-electron chi connectivity index (χ2n) is 4.65. The van der Waals surface area contributed by atoms with Crippen LogP contribution >= 0.6 is 0 Å². The van der Waals surface area contributed by atoms with Gasteiger partial charge in [-0.2, -0.15) is 0 Å². The number of nitrogens with one attached hydrogen (secondary N) is 1. The average Bonchev–Trinajstić information content (AvgIpc) is 2.35. The fourth-order valence-corrected chi connectivity index (χ4v) is 2.04. The third-order valence-corrected chi connectivity index (χ3v) is 3.59. The maximum atomic E-state index is 3.43. The van der Waals surface area contributed by atoms with Gasteiger partial charge in [0.25, 0.3) is 0 Å². The number of aryl methyl sites for hydroxylation is 1. The van der Waals surface area contributed by atoms with Crippen LogP contribution in [0.3, 0.4) is 0 Å². The first-order chi connectivity index (χ1) is 7.71. The standard InChI is InChI=1S/C15H25N/c1-5-12(3)15(16-4)11-14-9-7-13(6-2)8-10-14/h7-10,12,15-16H,5-6,11H2,1-4H3. The second kappa shape index (κ2) is 6.70. The Kier molecular flexibility index (Phi) is 5.54. The summed E-state index contributed by atoms with van der Waals surface area (Å²) in [6.07, 6.45) is 3.50. The molecule has 0 amide bonds. The quantitative estimate of drug-likeness (QED) is 0.773. The Morgan fingerprint density at radius 2 is 1.62 bits per heavy atom. The van der Waals surface area contributed by atoms with Crippen molar-refractivity contribution in [3.8, 4) is 0 Å². The van der Waals surface area contributed by atoms with Crippen LogP contribution in [0.1, 0.15) is 38.3 Å². The highest BCUT2D eigenvalue weighted by molar-refractivity contribution is 5.23. The van der Waals surface area contributed by atoms with E-state index in [4.69, 9.17) is 0 Å². The monoisotopic (exact) mass is 219 g/mol. The van der Waals surface area contributed by atoms with Gasteiger partial charge >= 0.3 is 0 Å². The average molecular weight is 219 g/mol. The van der Waals surface area contributed by atoms with Crippen LogP contribution in [0.2, 0.25) is 0 Å². The van der Waals surface area contributed by atoms with Crippen LogP contribution in [0.15, 0.2) is 24.3 Å². The van der Waals surface area contributed by atoms with Crippen molar-refractivity contribution in [3.63, 3.8) is 0 Å². The molecule has 2 unspecified atom stereocenters. The van der Waals surface area contributed by atoms with Crippen molar-refractivity contribution in [3.05, 3.63) is 35.4 Å². The molecule has 1 aromatic rings. The first kappa shape index (κ1) is 13.2. The summed E-state index contributed by atoms with van der Waals surface area (Å²) in [6.45, 7) is 6.78. The van der Waals surface area contributed by atoms with E-state index in [0.29, 0.717) is 6.04 Å². The number of benzene rings is 1. The second-order valence-corrected chi connectivity index (χ2v) is 4.65. The van der Waals surface area contributed by atoms with Crippen molar-refractivity contribution in [2.75, 3.05) is 7.05 Å². The lowest BCUT2D eigenvalue weighted by molar-refractivity contribution is 0.386. The van der Waals surface area contributed by atoms with Crippen molar-refractivity contribution in [2.24, 2.45) is 5.92 Å². The normalized spacial score (nSPS) is 14.8. The van der Waals surface area contributed by atoms with Crippen molar-refractivity contribution in [1.82, 2.24) is 5.32 Å². The number of hydrogen-bond donors (Lipinski definition) is 1. The van der Waals surface area contributed by atoms with Gasteiger partial charge in [0.05, 0.1) is 0 Å². The Morgan fingerprint density at radius 1 is 1.06 bits per heavy atom. The molecule has 2 atom stereocenters. The maximum Gasteiger partial charge on any atom is 0.0130 e. The molecule has 1 N–H and O–H groups in total.